The summed E-state index contributed by atoms with van der Waals surface area (Å²) in [4.78, 5) is 25.2. The number of hydrogen-bond acceptors (Lipinski definition) is 5. The first-order chi connectivity index (χ1) is 14.8. The summed E-state index contributed by atoms with van der Waals surface area (Å²) in [6.07, 6.45) is 0.658. The van der Waals surface area contributed by atoms with E-state index in [-0.39, 0.29) is 11.5 Å². The second-order valence-electron chi connectivity index (χ2n) is 6.83. The van der Waals surface area contributed by atoms with Crippen LogP contribution in [-0.4, -0.2) is 65.4 Å². The molecular weight excluding hydrogens is 420 g/mol. The molecule has 2 amide bonds. The summed E-state index contributed by atoms with van der Waals surface area (Å²) >= 11 is 0. The fourth-order valence-electron chi connectivity index (χ4n) is 2.72. The number of para-hydroxylation sites is 2. The second-order valence-corrected chi connectivity index (χ2v) is 8.90. The Kier molecular flexibility index (Phi) is 8.98. The fourth-order valence-corrected chi connectivity index (χ4v) is 3.78. The van der Waals surface area contributed by atoms with E-state index >= 15 is 0 Å². The molecule has 9 nitrogen and oxygen atoms in total. The summed E-state index contributed by atoms with van der Waals surface area (Å²) in [7, 11) is 0.467. The zero-order valence-corrected chi connectivity index (χ0v) is 18.7. The van der Waals surface area contributed by atoms with E-state index in [9.17, 15) is 18.0 Å². The Morgan fingerprint density at radius 1 is 1.00 bits per heavy atom. The monoisotopic (exact) mass is 448 g/mol. The smallest absolute Gasteiger partial charge is 0.304 e. The van der Waals surface area contributed by atoms with Crippen molar-refractivity contribution >= 4 is 33.4 Å². The molecule has 0 atom stereocenters. The molecule has 0 radical (unpaired) electrons. The molecule has 0 aromatic heterocycles. The molecule has 0 bridgehead atoms. The third kappa shape index (κ3) is 6.78. The van der Waals surface area contributed by atoms with Crippen molar-refractivity contribution in [3.8, 4) is 0 Å². The summed E-state index contributed by atoms with van der Waals surface area (Å²) in [5.41, 5.74) is 0.942. The van der Waals surface area contributed by atoms with Gasteiger partial charge in [-0.1, -0.05) is 30.3 Å². The van der Waals surface area contributed by atoms with Gasteiger partial charge in [0.25, 0.3) is 5.91 Å². The van der Waals surface area contributed by atoms with E-state index in [1.54, 1.807) is 61.7 Å². The van der Waals surface area contributed by atoms with Gasteiger partial charge < -0.3 is 15.4 Å². The molecule has 0 fully saturated rings. The van der Waals surface area contributed by atoms with Crippen LogP contribution in [0.2, 0.25) is 0 Å². The maximum atomic E-state index is 12.8. The summed E-state index contributed by atoms with van der Waals surface area (Å²) in [6, 6.07) is 14.9. The third-order valence-electron chi connectivity index (χ3n) is 4.33. The predicted molar refractivity (Wildman–Crippen MR) is 120 cm³/mol. The highest BCUT2D eigenvalue weighted by Crippen LogP contribution is 2.20. The van der Waals surface area contributed by atoms with Crippen LogP contribution < -0.4 is 14.9 Å². The van der Waals surface area contributed by atoms with Crippen molar-refractivity contribution in [1.82, 2.24) is 9.62 Å². The molecule has 0 spiro atoms. The number of nitrogens with zero attached hydrogens (tertiary/aromatic N) is 2. The maximum absolute atomic E-state index is 12.8. The molecule has 0 heterocycles. The van der Waals surface area contributed by atoms with Gasteiger partial charge in [-0.05, 0) is 30.7 Å². The molecule has 31 heavy (non-hydrogen) atoms. The van der Waals surface area contributed by atoms with Gasteiger partial charge in [0.15, 0.2) is 0 Å². The number of hydrogen-bond donors (Lipinski definition) is 2. The Hall–Kier alpha value is -2.95. The Morgan fingerprint density at radius 3 is 2.29 bits per heavy atom. The van der Waals surface area contributed by atoms with Crippen molar-refractivity contribution in [3.63, 3.8) is 0 Å². The number of carbonyl (C=O) groups is 2. The first kappa shape index (κ1) is 24.3. The van der Waals surface area contributed by atoms with E-state index < -0.39 is 22.7 Å². The maximum Gasteiger partial charge on any atom is 0.304 e. The molecule has 2 rings (SSSR count). The van der Waals surface area contributed by atoms with E-state index in [2.05, 4.69) is 10.6 Å². The van der Waals surface area contributed by atoms with Crippen LogP contribution in [0.3, 0.4) is 0 Å². The molecule has 10 heteroatoms. The number of carbonyl (C=O) groups excluding carboxylic acids is 2. The van der Waals surface area contributed by atoms with Crippen molar-refractivity contribution in [2.24, 2.45) is 0 Å². The quantitative estimate of drug-likeness (QED) is 0.509. The van der Waals surface area contributed by atoms with Gasteiger partial charge in [0, 0.05) is 34.4 Å². The highest BCUT2D eigenvalue weighted by molar-refractivity contribution is 7.90. The van der Waals surface area contributed by atoms with Gasteiger partial charge in [0.1, 0.15) is 6.54 Å². The summed E-state index contributed by atoms with van der Waals surface area (Å²) in [5, 5.41) is 5.43. The van der Waals surface area contributed by atoms with Crippen LogP contribution in [0.1, 0.15) is 16.8 Å². The standard InChI is InChI=1S/C21H28N4O5S/c1-24(2)31(28,29)25(17-10-5-4-6-11-17)16-20(26)23-19-13-8-7-12-18(19)21(27)22-14-9-15-30-3/h4-8,10-13H,9,14-16H2,1-3H3,(H,22,27)(H,23,26). The Morgan fingerprint density at radius 2 is 1.65 bits per heavy atom. The van der Waals surface area contributed by atoms with Crippen LogP contribution in [0, 0.1) is 0 Å². The van der Waals surface area contributed by atoms with E-state index in [0.29, 0.717) is 30.9 Å². The van der Waals surface area contributed by atoms with Gasteiger partial charge in [0.2, 0.25) is 5.91 Å². The van der Waals surface area contributed by atoms with Crippen LogP contribution in [-0.2, 0) is 19.7 Å². The van der Waals surface area contributed by atoms with Crippen LogP contribution in [0.4, 0.5) is 11.4 Å². The van der Waals surface area contributed by atoms with Crippen LogP contribution in [0.25, 0.3) is 0 Å². The largest absolute Gasteiger partial charge is 0.385 e. The van der Waals surface area contributed by atoms with Gasteiger partial charge >= 0.3 is 10.2 Å². The van der Waals surface area contributed by atoms with Crippen LogP contribution in [0.5, 0.6) is 0 Å². The normalized spacial score (nSPS) is 11.2. The lowest BCUT2D eigenvalue weighted by atomic mass is 10.1. The van der Waals surface area contributed by atoms with Gasteiger partial charge in [-0.3, -0.25) is 9.59 Å². The topological polar surface area (TPSA) is 108 Å². The average Bonchev–Trinajstić information content (AvgIpc) is 2.75. The van der Waals surface area contributed by atoms with E-state index in [4.69, 9.17) is 4.74 Å². The van der Waals surface area contributed by atoms with Gasteiger partial charge in [-0.25, -0.2) is 4.31 Å². The SMILES string of the molecule is COCCCNC(=O)c1ccccc1NC(=O)CN(c1ccccc1)S(=O)(=O)N(C)C. The molecule has 2 aromatic rings. The highest BCUT2D eigenvalue weighted by Gasteiger charge is 2.27. The number of benzene rings is 2. The zero-order valence-electron chi connectivity index (χ0n) is 17.9. The average molecular weight is 449 g/mol. The third-order valence-corrected chi connectivity index (χ3v) is 6.15. The number of nitrogens with one attached hydrogen (secondary N) is 2. The predicted octanol–water partition coefficient (Wildman–Crippen LogP) is 1.70. The molecule has 0 aliphatic heterocycles. The molecule has 2 aromatic carbocycles. The molecule has 2 N–H and O–H groups in total. The minimum atomic E-state index is -3.91. The lowest BCUT2D eigenvalue weighted by Crippen LogP contribution is -2.44. The van der Waals surface area contributed by atoms with E-state index in [1.165, 1.54) is 14.1 Å². The lowest BCUT2D eigenvalue weighted by Gasteiger charge is -2.27. The molecular formula is C21H28N4O5S. The van der Waals surface area contributed by atoms with Crippen LogP contribution in [0.15, 0.2) is 54.6 Å². The van der Waals surface area contributed by atoms with Crippen LogP contribution >= 0.6 is 0 Å². The summed E-state index contributed by atoms with van der Waals surface area (Å²) in [6.45, 7) is 0.500. The molecule has 0 saturated heterocycles. The molecule has 168 valence electrons. The molecule has 0 unspecified atom stereocenters. The first-order valence-electron chi connectivity index (χ1n) is 9.68. The zero-order chi connectivity index (χ0) is 22.9. The minimum absolute atomic E-state index is 0.287. The first-order valence-corrected chi connectivity index (χ1v) is 11.1. The molecule has 0 saturated carbocycles. The van der Waals surface area contributed by atoms with E-state index in [0.717, 1.165) is 8.61 Å². The summed E-state index contributed by atoms with van der Waals surface area (Å²) < 4.78 is 32.5. The number of amides is 2. The second kappa shape index (κ2) is 11.4. The van der Waals surface area contributed by atoms with Crippen molar-refractivity contribution < 1.29 is 22.7 Å². The molecule has 0 aliphatic rings. The molecule has 0 aliphatic carbocycles. The van der Waals surface area contributed by atoms with Gasteiger partial charge in [-0.2, -0.15) is 12.7 Å². The fraction of sp³-hybridized carbons (Fsp3) is 0.333. The van der Waals surface area contributed by atoms with Crippen molar-refractivity contribution in [2.75, 3.05) is 50.5 Å². The Bertz CT molecular complexity index is 980. The Balaban J connectivity index is 2.18. The van der Waals surface area contributed by atoms with Crippen molar-refractivity contribution in [1.29, 1.82) is 0 Å². The number of ether oxygens (including phenoxy) is 1. The highest BCUT2D eigenvalue weighted by atomic mass is 32.2. The van der Waals surface area contributed by atoms with Gasteiger partial charge in [0.05, 0.1) is 16.9 Å². The number of methoxy groups -OCH3 is 1. The Labute approximate surface area is 183 Å². The number of rotatable bonds is 11. The number of anilines is 2. The lowest BCUT2D eigenvalue weighted by molar-refractivity contribution is -0.114. The van der Waals surface area contributed by atoms with Gasteiger partial charge in [-0.15, -0.1) is 0 Å². The summed E-state index contributed by atoms with van der Waals surface area (Å²) in [5.74, 6) is -0.915. The van der Waals surface area contributed by atoms with Crippen molar-refractivity contribution in [3.05, 3.63) is 60.2 Å². The van der Waals surface area contributed by atoms with E-state index in [1.807, 2.05) is 0 Å². The van der Waals surface area contributed by atoms with Crippen molar-refractivity contribution in [2.45, 2.75) is 6.42 Å². The minimum Gasteiger partial charge on any atom is -0.385 e.